The van der Waals surface area contributed by atoms with E-state index in [0.29, 0.717) is 18.4 Å². The summed E-state index contributed by atoms with van der Waals surface area (Å²) in [6.07, 6.45) is -0.903. The van der Waals surface area contributed by atoms with E-state index >= 15 is 0 Å². The Morgan fingerprint density at radius 3 is 2.47 bits per heavy atom. The maximum Gasteiger partial charge on any atom is 0.0996 e. The van der Waals surface area contributed by atoms with Crippen LogP contribution >= 0.6 is 0 Å². The molecule has 1 aliphatic heterocycles. The van der Waals surface area contributed by atoms with Crippen molar-refractivity contribution in [3.63, 3.8) is 0 Å². The number of hydrogen-bond acceptors (Lipinski definition) is 4. The fraction of sp³-hybridized carbons (Fsp3) is 0.467. The summed E-state index contributed by atoms with van der Waals surface area (Å²) in [4.78, 5) is 0. The molecule has 1 heterocycles. The predicted molar refractivity (Wildman–Crippen MR) is 69.6 cm³/mol. The number of rotatable bonds is 1. The van der Waals surface area contributed by atoms with E-state index in [1.54, 1.807) is 0 Å². The Kier molecular flexibility index (Phi) is 3.31. The highest BCUT2D eigenvalue weighted by molar-refractivity contribution is 5.28. The number of benzene rings is 1. The lowest BCUT2D eigenvalue weighted by Gasteiger charge is -2.39. The first kappa shape index (κ1) is 12.7. The molecule has 0 spiro atoms. The second-order valence-electron chi connectivity index (χ2n) is 5.27. The molecule has 3 N–H and O–H groups in total. The Morgan fingerprint density at radius 1 is 1.00 bits per heavy atom. The highest BCUT2D eigenvalue weighted by atomic mass is 16.5. The summed E-state index contributed by atoms with van der Waals surface area (Å²) in [7, 11) is 0. The first-order chi connectivity index (χ1) is 9.15. The summed E-state index contributed by atoms with van der Waals surface area (Å²) in [6, 6.07) is 9.71. The molecule has 0 radical (unpaired) electrons. The van der Waals surface area contributed by atoms with Gasteiger partial charge in [-0.3, -0.25) is 0 Å². The van der Waals surface area contributed by atoms with Crippen LogP contribution in [0, 0.1) is 0 Å². The van der Waals surface area contributed by atoms with Gasteiger partial charge in [-0.05, 0) is 5.56 Å². The van der Waals surface area contributed by atoms with Gasteiger partial charge in [-0.2, -0.15) is 0 Å². The molecule has 102 valence electrons. The van der Waals surface area contributed by atoms with E-state index in [9.17, 15) is 15.3 Å². The van der Waals surface area contributed by atoms with E-state index in [4.69, 9.17) is 4.74 Å². The first-order valence-corrected chi connectivity index (χ1v) is 6.63. The Bertz CT molecular complexity index is 482. The van der Waals surface area contributed by atoms with Crippen LogP contribution in [0.15, 0.2) is 41.7 Å². The SMILES string of the molecule is OC1=C2C(O)CC(O)CC2O[C@H](c2ccccc2)C1. The second kappa shape index (κ2) is 4.96. The van der Waals surface area contributed by atoms with Crippen LogP contribution in [-0.2, 0) is 4.74 Å². The molecule has 0 bridgehead atoms. The molecular formula is C15H18O4. The third kappa shape index (κ3) is 2.39. The van der Waals surface area contributed by atoms with Crippen molar-refractivity contribution >= 4 is 0 Å². The second-order valence-corrected chi connectivity index (χ2v) is 5.27. The number of hydrogen-bond donors (Lipinski definition) is 3. The number of aliphatic hydroxyl groups is 3. The Morgan fingerprint density at radius 2 is 1.74 bits per heavy atom. The van der Waals surface area contributed by atoms with Gasteiger partial charge in [0.1, 0.15) is 0 Å². The van der Waals surface area contributed by atoms with E-state index < -0.39 is 18.3 Å². The molecule has 3 rings (SSSR count). The monoisotopic (exact) mass is 262 g/mol. The average Bonchev–Trinajstić information content (AvgIpc) is 2.38. The van der Waals surface area contributed by atoms with Crippen molar-refractivity contribution in [1.29, 1.82) is 0 Å². The van der Waals surface area contributed by atoms with E-state index in [0.717, 1.165) is 5.56 Å². The minimum absolute atomic E-state index is 0.213. The van der Waals surface area contributed by atoms with Gasteiger partial charge in [-0.15, -0.1) is 0 Å². The molecule has 0 aromatic heterocycles. The topological polar surface area (TPSA) is 69.9 Å². The zero-order valence-corrected chi connectivity index (χ0v) is 10.6. The predicted octanol–water partition coefficient (Wildman–Crippen LogP) is 1.84. The van der Waals surface area contributed by atoms with Gasteiger partial charge < -0.3 is 20.1 Å². The summed E-state index contributed by atoms with van der Waals surface area (Å²) >= 11 is 0. The van der Waals surface area contributed by atoms with Gasteiger partial charge >= 0.3 is 0 Å². The molecule has 4 heteroatoms. The zero-order valence-electron chi connectivity index (χ0n) is 10.6. The molecule has 1 fully saturated rings. The van der Waals surface area contributed by atoms with Crippen molar-refractivity contribution < 1.29 is 20.1 Å². The van der Waals surface area contributed by atoms with Crippen LogP contribution in [0.3, 0.4) is 0 Å². The summed E-state index contributed by atoms with van der Waals surface area (Å²) in [5, 5.41) is 29.8. The summed E-state index contributed by atoms with van der Waals surface area (Å²) in [5.74, 6) is 0.213. The summed E-state index contributed by atoms with van der Waals surface area (Å²) in [6.45, 7) is 0. The van der Waals surface area contributed by atoms with Crippen LogP contribution < -0.4 is 0 Å². The van der Waals surface area contributed by atoms with Crippen molar-refractivity contribution in [2.75, 3.05) is 0 Å². The normalized spacial score (nSPS) is 35.1. The fourth-order valence-electron chi connectivity index (χ4n) is 2.98. The quantitative estimate of drug-likeness (QED) is 0.722. The number of fused-ring (bicyclic) bond motifs is 1. The van der Waals surface area contributed by atoms with Gasteiger partial charge in [0.25, 0.3) is 0 Å². The Balaban J connectivity index is 1.88. The van der Waals surface area contributed by atoms with E-state index in [-0.39, 0.29) is 18.3 Å². The lowest BCUT2D eigenvalue weighted by Crippen LogP contribution is -2.41. The molecule has 1 saturated carbocycles. The molecule has 3 unspecified atom stereocenters. The standard InChI is InChI=1S/C15H18O4/c16-10-6-11(17)15-12(18)8-13(19-14(15)7-10)9-4-2-1-3-5-9/h1-5,10-11,13-14,16-18H,6-8H2/t10?,11?,13-,14?/m0/s1. The fourth-order valence-corrected chi connectivity index (χ4v) is 2.98. The molecule has 1 aromatic carbocycles. The minimum atomic E-state index is -0.800. The minimum Gasteiger partial charge on any atom is -0.512 e. The van der Waals surface area contributed by atoms with Gasteiger partial charge in [-0.25, -0.2) is 0 Å². The van der Waals surface area contributed by atoms with Crippen LogP contribution in [0.2, 0.25) is 0 Å². The third-order valence-electron chi connectivity index (χ3n) is 3.90. The van der Waals surface area contributed by atoms with Crippen LogP contribution in [-0.4, -0.2) is 33.6 Å². The molecule has 0 saturated heterocycles. The highest BCUT2D eigenvalue weighted by Gasteiger charge is 2.39. The van der Waals surface area contributed by atoms with Crippen LogP contribution in [0.25, 0.3) is 0 Å². The molecule has 0 amide bonds. The van der Waals surface area contributed by atoms with Gasteiger partial charge in [0.15, 0.2) is 0 Å². The number of ether oxygens (including phenoxy) is 1. The van der Waals surface area contributed by atoms with Crippen molar-refractivity contribution in [2.45, 2.75) is 43.7 Å². The van der Waals surface area contributed by atoms with Crippen LogP contribution in [0.5, 0.6) is 0 Å². The van der Waals surface area contributed by atoms with E-state index in [1.807, 2.05) is 30.3 Å². The largest absolute Gasteiger partial charge is 0.512 e. The summed E-state index contributed by atoms with van der Waals surface area (Å²) < 4.78 is 5.95. The maximum absolute atomic E-state index is 10.2. The highest BCUT2D eigenvalue weighted by Crippen LogP contribution is 2.40. The molecule has 4 atom stereocenters. The molecular weight excluding hydrogens is 244 g/mol. The van der Waals surface area contributed by atoms with Gasteiger partial charge in [0.05, 0.1) is 30.2 Å². The average molecular weight is 262 g/mol. The third-order valence-corrected chi connectivity index (χ3v) is 3.90. The lowest BCUT2D eigenvalue weighted by molar-refractivity contribution is -0.0736. The van der Waals surface area contributed by atoms with Gasteiger partial charge in [0, 0.05) is 24.8 Å². The smallest absolute Gasteiger partial charge is 0.0996 e. The first-order valence-electron chi connectivity index (χ1n) is 6.63. The Labute approximate surface area is 112 Å². The van der Waals surface area contributed by atoms with E-state index in [1.165, 1.54) is 0 Å². The zero-order chi connectivity index (χ0) is 13.4. The van der Waals surface area contributed by atoms with Gasteiger partial charge in [-0.1, -0.05) is 30.3 Å². The maximum atomic E-state index is 10.2. The molecule has 19 heavy (non-hydrogen) atoms. The van der Waals surface area contributed by atoms with Crippen molar-refractivity contribution in [2.24, 2.45) is 0 Å². The van der Waals surface area contributed by atoms with Crippen LogP contribution in [0.1, 0.15) is 30.9 Å². The Hall–Kier alpha value is -1.36. The van der Waals surface area contributed by atoms with Crippen molar-refractivity contribution in [1.82, 2.24) is 0 Å². The van der Waals surface area contributed by atoms with Gasteiger partial charge in [0.2, 0.25) is 0 Å². The molecule has 1 aliphatic carbocycles. The van der Waals surface area contributed by atoms with Crippen molar-refractivity contribution in [3.8, 4) is 0 Å². The molecule has 4 nitrogen and oxygen atoms in total. The molecule has 1 aromatic rings. The van der Waals surface area contributed by atoms with Crippen LogP contribution in [0.4, 0.5) is 0 Å². The molecule has 2 aliphatic rings. The van der Waals surface area contributed by atoms with E-state index in [2.05, 4.69) is 0 Å². The number of aliphatic hydroxyl groups excluding tert-OH is 3. The van der Waals surface area contributed by atoms with Crippen molar-refractivity contribution in [3.05, 3.63) is 47.2 Å². The lowest BCUT2D eigenvalue weighted by atomic mass is 9.83. The summed E-state index contributed by atoms with van der Waals surface area (Å²) in [5.41, 5.74) is 1.56.